The van der Waals surface area contributed by atoms with E-state index in [9.17, 15) is 4.79 Å². The number of benzene rings is 1. The molecule has 1 aromatic heterocycles. The first-order chi connectivity index (χ1) is 13.5. The Morgan fingerprint density at radius 3 is 2.50 bits per heavy atom. The molecule has 1 amide bonds. The van der Waals surface area contributed by atoms with E-state index in [-0.39, 0.29) is 5.91 Å². The zero-order valence-electron chi connectivity index (χ0n) is 16.3. The second-order valence-corrected chi connectivity index (χ2v) is 9.30. The first kappa shape index (κ1) is 19.5. The Morgan fingerprint density at radius 2 is 1.82 bits per heavy atom. The number of halogens is 1. The number of hydrogen-bond donors (Lipinski definition) is 0. The summed E-state index contributed by atoms with van der Waals surface area (Å²) < 4.78 is 12.0. The van der Waals surface area contributed by atoms with Gasteiger partial charge in [-0.2, -0.15) is 0 Å². The number of thiophene rings is 1. The highest BCUT2D eigenvalue weighted by atomic mass is 79.9. The molecule has 2 aliphatic rings. The van der Waals surface area contributed by atoms with E-state index in [0.717, 1.165) is 59.1 Å². The van der Waals surface area contributed by atoms with E-state index < -0.39 is 0 Å². The number of ether oxygens (including phenoxy) is 2. The maximum absolute atomic E-state index is 13.3. The Labute approximate surface area is 177 Å². The fraction of sp³-hybridized carbons (Fsp3) is 0.450. The lowest BCUT2D eigenvalue weighted by molar-refractivity contribution is 0.0987. The summed E-state index contributed by atoms with van der Waals surface area (Å²) in [6.45, 7) is 4.60. The molecule has 0 aliphatic carbocycles. The predicted molar refractivity (Wildman–Crippen MR) is 117 cm³/mol. The summed E-state index contributed by atoms with van der Waals surface area (Å²) in [6.07, 6.45) is 0.827. The van der Waals surface area contributed by atoms with Crippen LogP contribution >= 0.6 is 27.3 Å². The number of amides is 1. The topological polar surface area (TPSA) is 45.2 Å². The van der Waals surface area contributed by atoms with Gasteiger partial charge >= 0.3 is 0 Å². The molecule has 8 heteroatoms. The van der Waals surface area contributed by atoms with Crippen LogP contribution in [0.5, 0.6) is 11.5 Å². The van der Waals surface area contributed by atoms with Crippen LogP contribution in [-0.4, -0.2) is 64.8 Å². The molecule has 0 bridgehead atoms. The molecule has 6 nitrogen and oxygen atoms in total. The minimum Gasteiger partial charge on any atom is -0.495 e. The molecule has 4 rings (SSSR count). The van der Waals surface area contributed by atoms with Gasteiger partial charge in [-0.15, -0.1) is 11.3 Å². The van der Waals surface area contributed by atoms with E-state index in [1.165, 1.54) is 11.3 Å². The molecule has 0 spiro atoms. The van der Waals surface area contributed by atoms with Gasteiger partial charge in [-0.1, -0.05) is 0 Å². The van der Waals surface area contributed by atoms with Gasteiger partial charge in [-0.25, -0.2) is 0 Å². The fourth-order valence-corrected chi connectivity index (χ4v) is 5.26. The van der Waals surface area contributed by atoms with Crippen molar-refractivity contribution in [1.82, 2.24) is 4.90 Å². The number of anilines is 2. The molecule has 1 aromatic carbocycles. The lowest BCUT2D eigenvalue weighted by Crippen LogP contribution is -2.44. The van der Waals surface area contributed by atoms with Crippen molar-refractivity contribution in [1.29, 1.82) is 0 Å². The average Bonchev–Trinajstić information content (AvgIpc) is 3.29. The predicted octanol–water partition coefficient (Wildman–Crippen LogP) is 3.48. The van der Waals surface area contributed by atoms with Gasteiger partial charge in [0.1, 0.15) is 9.54 Å². The molecule has 0 unspecified atom stereocenters. The summed E-state index contributed by atoms with van der Waals surface area (Å²) in [4.78, 5) is 19.8. The van der Waals surface area contributed by atoms with Crippen molar-refractivity contribution in [2.45, 2.75) is 6.42 Å². The van der Waals surface area contributed by atoms with Gasteiger partial charge in [0.05, 0.1) is 25.5 Å². The van der Waals surface area contributed by atoms with Gasteiger partial charge in [0, 0.05) is 43.8 Å². The summed E-state index contributed by atoms with van der Waals surface area (Å²) >= 11 is 4.94. The number of carbonyl (C=O) groups is 1. The van der Waals surface area contributed by atoms with Gasteiger partial charge in [0.2, 0.25) is 0 Å². The molecule has 3 heterocycles. The highest BCUT2D eigenvalue weighted by Crippen LogP contribution is 2.42. The second kappa shape index (κ2) is 7.93. The Bertz CT molecular complexity index is 893. The lowest BCUT2D eigenvalue weighted by atomic mass is 10.1. The van der Waals surface area contributed by atoms with Crippen molar-refractivity contribution in [2.75, 3.05) is 63.8 Å². The lowest BCUT2D eigenvalue weighted by Gasteiger charge is -2.35. The van der Waals surface area contributed by atoms with E-state index in [1.54, 1.807) is 14.2 Å². The molecular weight excluding hydrogens is 442 g/mol. The number of likely N-dealkylation sites (N-methyl/N-ethyl adjacent to an activating group) is 1. The van der Waals surface area contributed by atoms with Crippen LogP contribution in [-0.2, 0) is 6.42 Å². The minimum atomic E-state index is -0.0213. The van der Waals surface area contributed by atoms with Gasteiger partial charge < -0.3 is 24.2 Å². The molecule has 0 radical (unpaired) electrons. The normalized spacial score (nSPS) is 17.0. The third-order valence-corrected chi connectivity index (χ3v) is 7.17. The Hall–Kier alpha value is -1.77. The molecule has 2 aromatic rings. The first-order valence-electron chi connectivity index (χ1n) is 9.30. The SMILES string of the molecule is COc1cc2c(cc1N1CCN(C)CC1)N(C(=O)c1csc(Br)c1OC)CC2. The number of nitrogens with zero attached hydrogens (tertiary/aromatic N) is 3. The average molecular weight is 466 g/mol. The monoisotopic (exact) mass is 465 g/mol. The summed E-state index contributed by atoms with van der Waals surface area (Å²) in [7, 11) is 5.45. The molecule has 1 saturated heterocycles. The highest BCUT2D eigenvalue weighted by Gasteiger charge is 2.31. The molecule has 150 valence electrons. The number of fused-ring (bicyclic) bond motifs is 1. The largest absolute Gasteiger partial charge is 0.495 e. The summed E-state index contributed by atoms with van der Waals surface area (Å²) in [5.74, 6) is 1.47. The first-order valence-corrected chi connectivity index (χ1v) is 11.0. The van der Waals surface area contributed by atoms with E-state index >= 15 is 0 Å². The standard InChI is InChI=1S/C20H24BrN3O3S/c1-22-6-8-23(9-7-22)16-11-15-13(10-17(16)26-2)4-5-24(15)20(25)14-12-28-19(21)18(14)27-3/h10-12H,4-9H2,1-3H3. The molecule has 0 saturated carbocycles. The van der Waals surface area contributed by atoms with E-state index in [2.05, 4.69) is 44.9 Å². The number of rotatable bonds is 4. The number of piperazine rings is 1. The van der Waals surface area contributed by atoms with Crippen LogP contribution in [0.2, 0.25) is 0 Å². The second-order valence-electron chi connectivity index (χ2n) is 7.11. The maximum Gasteiger partial charge on any atom is 0.262 e. The Morgan fingerprint density at radius 1 is 1.07 bits per heavy atom. The van der Waals surface area contributed by atoms with Gasteiger partial charge in [-0.05, 0) is 47.1 Å². The smallest absolute Gasteiger partial charge is 0.262 e. The molecular formula is C20H24BrN3O3S. The highest BCUT2D eigenvalue weighted by molar-refractivity contribution is 9.11. The number of hydrogen-bond acceptors (Lipinski definition) is 6. The van der Waals surface area contributed by atoms with Crippen LogP contribution in [0, 0.1) is 0 Å². The summed E-state index contributed by atoms with van der Waals surface area (Å²) in [5.41, 5.74) is 3.79. The minimum absolute atomic E-state index is 0.0213. The zero-order chi connectivity index (χ0) is 19.8. The fourth-order valence-electron chi connectivity index (χ4n) is 3.88. The van der Waals surface area contributed by atoms with Crippen molar-refractivity contribution < 1.29 is 14.3 Å². The third-order valence-electron chi connectivity index (χ3n) is 5.50. The molecule has 0 atom stereocenters. The van der Waals surface area contributed by atoms with Crippen LogP contribution < -0.4 is 19.3 Å². The third kappa shape index (κ3) is 3.38. The summed E-state index contributed by atoms with van der Waals surface area (Å²) in [6, 6.07) is 4.22. The van der Waals surface area contributed by atoms with Crippen LogP contribution in [0.1, 0.15) is 15.9 Å². The van der Waals surface area contributed by atoms with Crippen molar-refractivity contribution in [3.05, 3.63) is 32.4 Å². The Balaban J connectivity index is 1.69. The summed E-state index contributed by atoms with van der Waals surface area (Å²) in [5, 5.41) is 1.86. The Kier molecular flexibility index (Phi) is 5.53. The van der Waals surface area contributed by atoms with Crippen molar-refractivity contribution in [2.24, 2.45) is 0 Å². The zero-order valence-corrected chi connectivity index (χ0v) is 18.7. The molecule has 2 aliphatic heterocycles. The molecule has 1 fully saturated rings. The quantitative estimate of drug-likeness (QED) is 0.691. The van der Waals surface area contributed by atoms with Gasteiger partial charge in [0.25, 0.3) is 5.91 Å². The molecule has 0 N–H and O–H groups in total. The van der Waals surface area contributed by atoms with Crippen LogP contribution in [0.25, 0.3) is 0 Å². The number of methoxy groups -OCH3 is 2. The van der Waals surface area contributed by atoms with Crippen molar-refractivity contribution in [3.63, 3.8) is 0 Å². The van der Waals surface area contributed by atoms with Gasteiger partial charge in [-0.3, -0.25) is 4.79 Å². The van der Waals surface area contributed by atoms with E-state index in [0.29, 0.717) is 17.9 Å². The van der Waals surface area contributed by atoms with Gasteiger partial charge in [0.15, 0.2) is 5.75 Å². The number of carbonyl (C=O) groups excluding carboxylic acids is 1. The van der Waals surface area contributed by atoms with Crippen LogP contribution in [0.15, 0.2) is 21.3 Å². The van der Waals surface area contributed by atoms with E-state index in [4.69, 9.17) is 9.47 Å². The van der Waals surface area contributed by atoms with Crippen molar-refractivity contribution in [3.8, 4) is 11.5 Å². The van der Waals surface area contributed by atoms with Crippen molar-refractivity contribution >= 4 is 44.5 Å². The maximum atomic E-state index is 13.3. The van der Waals surface area contributed by atoms with Crippen LogP contribution in [0.4, 0.5) is 11.4 Å². The molecule has 28 heavy (non-hydrogen) atoms. The van der Waals surface area contributed by atoms with E-state index in [1.807, 2.05) is 10.3 Å². The van der Waals surface area contributed by atoms with Crippen LogP contribution in [0.3, 0.4) is 0 Å².